The lowest BCUT2D eigenvalue weighted by Crippen LogP contribution is -2.20. The fourth-order valence-corrected chi connectivity index (χ4v) is 1.57. The molecule has 0 aromatic heterocycles. The van der Waals surface area contributed by atoms with Gasteiger partial charge in [0.15, 0.2) is 0 Å². The molecule has 0 bridgehead atoms. The summed E-state index contributed by atoms with van der Waals surface area (Å²) in [4.78, 5) is 20.9. The van der Waals surface area contributed by atoms with Crippen LogP contribution in [0.15, 0.2) is 22.7 Å². The first kappa shape index (κ1) is 14.2. The number of nitrogens with one attached hydrogen (secondary N) is 1. The van der Waals surface area contributed by atoms with E-state index in [1.165, 1.54) is 13.0 Å². The molecule has 1 amide bonds. The Morgan fingerprint density at radius 1 is 1.56 bits per heavy atom. The van der Waals surface area contributed by atoms with Crippen LogP contribution < -0.4 is 5.32 Å². The van der Waals surface area contributed by atoms with E-state index in [4.69, 9.17) is 0 Å². The molecular weight excluding hydrogens is 300 g/mol. The first-order valence-corrected chi connectivity index (χ1v) is 5.97. The Hall–Kier alpha value is -1.87. The molecule has 0 atom stereocenters. The SMILES string of the molecule is CC(=O)NCCC#Cc1ccc(Br)cc1[N+](=O)[O-]. The molecule has 1 aromatic carbocycles. The van der Waals surface area contributed by atoms with Crippen molar-refractivity contribution in [1.29, 1.82) is 0 Å². The molecule has 6 heteroatoms. The Kier molecular flexibility index (Phi) is 5.33. The van der Waals surface area contributed by atoms with E-state index >= 15 is 0 Å². The van der Waals surface area contributed by atoms with Crippen LogP contribution in [0.25, 0.3) is 0 Å². The number of rotatable bonds is 3. The lowest BCUT2D eigenvalue weighted by Gasteiger charge is -1.97. The fourth-order valence-electron chi connectivity index (χ4n) is 1.22. The van der Waals surface area contributed by atoms with E-state index in [0.29, 0.717) is 23.0 Å². The van der Waals surface area contributed by atoms with Crippen LogP contribution in [0.5, 0.6) is 0 Å². The van der Waals surface area contributed by atoms with Gasteiger partial charge in [-0.15, -0.1) is 0 Å². The predicted molar refractivity (Wildman–Crippen MR) is 71.0 cm³/mol. The molecule has 0 aliphatic rings. The van der Waals surface area contributed by atoms with Crippen molar-refractivity contribution in [3.63, 3.8) is 0 Å². The van der Waals surface area contributed by atoms with E-state index < -0.39 is 4.92 Å². The third kappa shape index (κ3) is 4.55. The highest BCUT2D eigenvalue weighted by Crippen LogP contribution is 2.22. The van der Waals surface area contributed by atoms with Gasteiger partial charge in [-0.05, 0) is 12.1 Å². The van der Waals surface area contributed by atoms with Gasteiger partial charge in [0.05, 0.1) is 4.92 Å². The van der Waals surface area contributed by atoms with Gasteiger partial charge in [-0.3, -0.25) is 14.9 Å². The van der Waals surface area contributed by atoms with Gasteiger partial charge in [0, 0.05) is 30.4 Å². The Morgan fingerprint density at radius 2 is 2.28 bits per heavy atom. The number of nitrogens with zero attached hydrogens (tertiary/aromatic N) is 1. The van der Waals surface area contributed by atoms with Gasteiger partial charge in [0.1, 0.15) is 5.56 Å². The maximum Gasteiger partial charge on any atom is 0.286 e. The van der Waals surface area contributed by atoms with Gasteiger partial charge in [0.2, 0.25) is 5.91 Å². The monoisotopic (exact) mass is 310 g/mol. The Morgan fingerprint density at radius 3 is 2.89 bits per heavy atom. The van der Waals surface area contributed by atoms with E-state index in [2.05, 4.69) is 33.1 Å². The highest BCUT2D eigenvalue weighted by Gasteiger charge is 2.11. The highest BCUT2D eigenvalue weighted by atomic mass is 79.9. The number of hydrogen-bond donors (Lipinski definition) is 1. The number of halogens is 1. The zero-order valence-electron chi connectivity index (χ0n) is 9.70. The van der Waals surface area contributed by atoms with E-state index in [9.17, 15) is 14.9 Å². The molecule has 0 saturated carbocycles. The third-order valence-electron chi connectivity index (χ3n) is 2.00. The molecule has 0 aliphatic heterocycles. The van der Waals surface area contributed by atoms with Crippen molar-refractivity contribution in [2.45, 2.75) is 13.3 Å². The smallest absolute Gasteiger partial charge is 0.286 e. The van der Waals surface area contributed by atoms with Crippen molar-refractivity contribution in [2.24, 2.45) is 0 Å². The Balaban J connectivity index is 2.75. The van der Waals surface area contributed by atoms with Gasteiger partial charge in [-0.1, -0.05) is 27.8 Å². The predicted octanol–water partition coefficient (Wildman–Crippen LogP) is 2.24. The maximum absolute atomic E-state index is 10.8. The molecule has 0 fully saturated rings. The number of benzene rings is 1. The summed E-state index contributed by atoms with van der Waals surface area (Å²) in [5.74, 6) is 5.40. The summed E-state index contributed by atoms with van der Waals surface area (Å²) in [6.07, 6.45) is 0.451. The molecule has 0 spiro atoms. The zero-order valence-corrected chi connectivity index (χ0v) is 11.3. The minimum Gasteiger partial charge on any atom is -0.355 e. The number of carbonyl (C=O) groups excluding carboxylic acids is 1. The zero-order chi connectivity index (χ0) is 13.5. The Bertz CT molecular complexity index is 532. The molecule has 1 rings (SSSR count). The second-order valence-corrected chi connectivity index (χ2v) is 4.37. The van der Waals surface area contributed by atoms with Crippen LogP contribution in [-0.2, 0) is 4.79 Å². The summed E-state index contributed by atoms with van der Waals surface area (Å²) in [6.45, 7) is 1.86. The molecule has 0 saturated heterocycles. The van der Waals surface area contributed by atoms with Crippen molar-refractivity contribution < 1.29 is 9.72 Å². The Labute approximate surface area is 113 Å². The summed E-state index contributed by atoms with van der Waals surface area (Å²) in [7, 11) is 0. The second kappa shape index (κ2) is 6.77. The lowest BCUT2D eigenvalue weighted by atomic mass is 10.2. The summed E-state index contributed by atoms with van der Waals surface area (Å²) in [5, 5.41) is 13.4. The first-order valence-electron chi connectivity index (χ1n) is 5.18. The second-order valence-electron chi connectivity index (χ2n) is 3.45. The maximum atomic E-state index is 10.8. The molecular formula is C12H11BrN2O3. The van der Waals surface area contributed by atoms with E-state index in [0.717, 1.165) is 0 Å². The minimum absolute atomic E-state index is 0.0311. The van der Waals surface area contributed by atoms with Crippen LogP contribution in [0.2, 0.25) is 0 Å². The van der Waals surface area contributed by atoms with E-state index in [1.807, 2.05) is 0 Å². The van der Waals surface area contributed by atoms with Crippen LogP contribution in [0.1, 0.15) is 18.9 Å². The average Bonchev–Trinajstić information content (AvgIpc) is 2.29. The van der Waals surface area contributed by atoms with Crippen molar-refractivity contribution in [3.8, 4) is 11.8 Å². The van der Waals surface area contributed by atoms with Gasteiger partial charge < -0.3 is 5.32 Å². The molecule has 5 nitrogen and oxygen atoms in total. The standard InChI is InChI=1S/C12H11BrN2O3/c1-9(16)14-7-3-2-4-10-5-6-11(13)8-12(10)15(17)18/h5-6,8H,3,7H2,1H3,(H,14,16). The molecule has 1 N–H and O–H groups in total. The van der Waals surface area contributed by atoms with Crippen molar-refractivity contribution in [1.82, 2.24) is 5.32 Å². The third-order valence-corrected chi connectivity index (χ3v) is 2.50. The number of carbonyl (C=O) groups is 1. The molecule has 0 radical (unpaired) electrons. The van der Waals surface area contributed by atoms with Crippen LogP contribution >= 0.6 is 15.9 Å². The van der Waals surface area contributed by atoms with Crippen LogP contribution in [0, 0.1) is 22.0 Å². The van der Waals surface area contributed by atoms with Crippen LogP contribution in [0.3, 0.4) is 0 Å². The first-order chi connectivity index (χ1) is 8.50. The summed E-state index contributed by atoms with van der Waals surface area (Å²) >= 11 is 3.17. The molecule has 94 valence electrons. The largest absolute Gasteiger partial charge is 0.355 e. The van der Waals surface area contributed by atoms with Gasteiger partial charge in [0.25, 0.3) is 5.69 Å². The lowest BCUT2D eigenvalue weighted by molar-refractivity contribution is -0.385. The average molecular weight is 311 g/mol. The highest BCUT2D eigenvalue weighted by molar-refractivity contribution is 9.10. The molecule has 18 heavy (non-hydrogen) atoms. The summed E-state index contributed by atoms with van der Waals surface area (Å²) in [5.41, 5.74) is 0.336. The topological polar surface area (TPSA) is 72.2 Å². The van der Waals surface area contributed by atoms with Crippen LogP contribution in [-0.4, -0.2) is 17.4 Å². The van der Waals surface area contributed by atoms with Crippen molar-refractivity contribution in [2.75, 3.05) is 6.54 Å². The van der Waals surface area contributed by atoms with Gasteiger partial charge in [-0.2, -0.15) is 0 Å². The van der Waals surface area contributed by atoms with Crippen molar-refractivity contribution >= 4 is 27.5 Å². The molecule has 1 aromatic rings. The fraction of sp³-hybridized carbons (Fsp3) is 0.250. The molecule has 0 aliphatic carbocycles. The normalized spacial score (nSPS) is 9.22. The number of hydrogen-bond acceptors (Lipinski definition) is 3. The summed E-state index contributed by atoms with van der Waals surface area (Å²) in [6, 6.07) is 4.70. The number of nitro groups is 1. The number of amides is 1. The van der Waals surface area contributed by atoms with Crippen molar-refractivity contribution in [3.05, 3.63) is 38.3 Å². The molecule has 0 unspecified atom stereocenters. The van der Waals surface area contributed by atoms with E-state index in [1.54, 1.807) is 12.1 Å². The molecule has 0 heterocycles. The minimum atomic E-state index is -0.470. The van der Waals surface area contributed by atoms with Gasteiger partial charge >= 0.3 is 0 Å². The number of nitro benzene ring substituents is 1. The quantitative estimate of drug-likeness (QED) is 0.403. The summed E-state index contributed by atoms with van der Waals surface area (Å²) < 4.78 is 0.637. The van der Waals surface area contributed by atoms with Gasteiger partial charge in [-0.25, -0.2) is 0 Å². The van der Waals surface area contributed by atoms with E-state index in [-0.39, 0.29) is 11.6 Å². The van der Waals surface area contributed by atoms with Crippen LogP contribution in [0.4, 0.5) is 5.69 Å².